The van der Waals surface area contributed by atoms with Crippen LogP contribution in [0, 0.1) is 0 Å². The Morgan fingerprint density at radius 2 is 1.65 bits per heavy atom. The van der Waals surface area contributed by atoms with Gasteiger partial charge in [0.05, 0.1) is 0 Å². The zero-order valence-electron chi connectivity index (χ0n) is 11.1. The van der Waals surface area contributed by atoms with Crippen LogP contribution >= 0.6 is 11.8 Å². The molecule has 0 N–H and O–H groups in total. The van der Waals surface area contributed by atoms with Crippen LogP contribution in [0.1, 0.15) is 58.3 Å². The maximum Gasteiger partial charge on any atom is 0.209 e. The van der Waals surface area contributed by atoms with Crippen LogP contribution in [-0.2, 0) is 7.05 Å². The number of aryl methyl sites for hydroxylation is 1. The van der Waals surface area contributed by atoms with Crippen LogP contribution in [0.2, 0.25) is 0 Å². The summed E-state index contributed by atoms with van der Waals surface area (Å²) in [6, 6.07) is 0. The van der Waals surface area contributed by atoms with E-state index in [9.17, 15) is 0 Å². The fourth-order valence-electron chi connectivity index (χ4n) is 1.74. The molecular formula is C12H24N4S. The molecule has 0 saturated carbocycles. The second-order valence-electron chi connectivity index (χ2n) is 4.41. The Hall–Kier alpha value is -0.580. The van der Waals surface area contributed by atoms with Gasteiger partial charge in [-0.3, -0.25) is 0 Å². The molecule has 0 fully saturated rings. The summed E-state index contributed by atoms with van der Waals surface area (Å²) in [6.45, 7) is 2.26. The molecule has 0 aliphatic rings. The molecule has 17 heavy (non-hydrogen) atoms. The molecule has 0 aliphatic heterocycles. The van der Waals surface area contributed by atoms with Gasteiger partial charge in [-0.15, -0.1) is 5.10 Å². The first kappa shape index (κ1) is 14.5. The highest BCUT2D eigenvalue weighted by Crippen LogP contribution is 2.16. The third-order valence-corrected chi connectivity index (χ3v) is 3.91. The van der Waals surface area contributed by atoms with Crippen molar-refractivity contribution in [1.82, 2.24) is 20.2 Å². The number of hydrogen-bond acceptors (Lipinski definition) is 4. The zero-order valence-corrected chi connectivity index (χ0v) is 11.9. The second-order valence-corrected chi connectivity index (χ2v) is 5.47. The van der Waals surface area contributed by atoms with E-state index < -0.39 is 0 Å². The van der Waals surface area contributed by atoms with Crippen molar-refractivity contribution in [3.63, 3.8) is 0 Å². The number of tetrazole rings is 1. The van der Waals surface area contributed by atoms with Crippen molar-refractivity contribution in [2.24, 2.45) is 7.05 Å². The number of rotatable bonds is 10. The Morgan fingerprint density at radius 3 is 2.24 bits per heavy atom. The van der Waals surface area contributed by atoms with Gasteiger partial charge in [0.2, 0.25) is 5.16 Å². The molecule has 0 radical (unpaired) electrons. The first-order valence-corrected chi connectivity index (χ1v) is 7.68. The molecule has 0 spiro atoms. The monoisotopic (exact) mass is 256 g/mol. The van der Waals surface area contributed by atoms with Crippen LogP contribution in [0.25, 0.3) is 0 Å². The zero-order chi connectivity index (χ0) is 12.3. The Morgan fingerprint density at radius 1 is 1.00 bits per heavy atom. The van der Waals surface area contributed by atoms with Gasteiger partial charge >= 0.3 is 0 Å². The van der Waals surface area contributed by atoms with Crippen LogP contribution in [0.15, 0.2) is 5.16 Å². The van der Waals surface area contributed by atoms with Gasteiger partial charge in [-0.05, 0) is 16.8 Å². The summed E-state index contributed by atoms with van der Waals surface area (Å²) >= 11 is 1.75. The van der Waals surface area contributed by atoms with Gasteiger partial charge in [-0.25, -0.2) is 4.68 Å². The summed E-state index contributed by atoms with van der Waals surface area (Å²) in [5.74, 6) is 1.13. The van der Waals surface area contributed by atoms with Crippen molar-refractivity contribution < 1.29 is 0 Å². The largest absolute Gasteiger partial charge is 0.224 e. The number of hydrogen-bond donors (Lipinski definition) is 0. The summed E-state index contributed by atoms with van der Waals surface area (Å²) in [5, 5.41) is 12.3. The van der Waals surface area contributed by atoms with E-state index >= 15 is 0 Å². The minimum Gasteiger partial charge on any atom is -0.224 e. The molecule has 1 rings (SSSR count). The highest BCUT2D eigenvalue weighted by molar-refractivity contribution is 7.99. The van der Waals surface area contributed by atoms with Crippen molar-refractivity contribution in [3.8, 4) is 0 Å². The fourth-order valence-corrected chi connectivity index (χ4v) is 2.59. The van der Waals surface area contributed by atoms with E-state index in [1.807, 2.05) is 7.05 Å². The Bertz CT molecular complexity index is 288. The van der Waals surface area contributed by atoms with Crippen LogP contribution in [0.4, 0.5) is 0 Å². The normalized spacial score (nSPS) is 10.9. The molecule has 98 valence electrons. The molecule has 5 heteroatoms. The third kappa shape index (κ3) is 6.66. The van der Waals surface area contributed by atoms with Crippen molar-refractivity contribution in [1.29, 1.82) is 0 Å². The summed E-state index contributed by atoms with van der Waals surface area (Å²) in [6.07, 6.45) is 10.9. The molecule has 0 atom stereocenters. The van der Waals surface area contributed by atoms with Gasteiger partial charge < -0.3 is 0 Å². The van der Waals surface area contributed by atoms with Crippen molar-refractivity contribution in [3.05, 3.63) is 0 Å². The number of aromatic nitrogens is 4. The molecule has 0 aromatic carbocycles. The summed E-state index contributed by atoms with van der Waals surface area (Å²) in [7, 11) is 1.88. The molecule has 0 aliphatic carbocycles. The Balaban J connectivity index is 1.86. The SMILES string of the molecule is CCCCCCCCCCSc1nnnn1C. The minimum absolute atomic E-state index is 0.924. The second kappa shape index (κ2) is 9.45. The standard InChI is InChI=1S/C12H24N4S/c1-3-4-5-6-7-8-9-10-11-17-12-13-14-15-16(12)2/h3-11H2,1-2H3. The maximum absolute atomic E-state index is 3.95. The first-order chi connectivity index (χ1) is 8.34. The molecule has 1 heterocycles. The van der Waals surface area contributed by atoms with Gasteiger partial charge in [0.25, 0.3) is 0 Å². The summed E-state index contributed by atoms with van der Waals surface area (Å²) < 4.78 is 1.73. The minimum atomic E-state index is 0.924. The van der Waals surface area contributed by atoms with Crippen molar-refractivity contribution in [2.75, 3.05) is 5.75 Å². The van der Waals surface area contributed by atoms with Crippen LogP contribution < -0.4 is 0 Å². The average Bonchev–Trinajstić information content (AvgIpc) is 2.73. The molecule has 0 amide bonds. The van der Waals surface area contributed by atoms with Gasteiger partial charge in [0.15, 0.2) is 0 Å². The van der Waals surface area contributed by atoms with Crippen molar-refractivity contribution >= 4 is 11.8 Å². The predicted octanol–water partition coefficient (Wildman–Crippen LogP) is 3.44. The highest BCUT2D eigenvalue weighted by atomic mass is 32.2. The quantitative estimate of drug-likeness (QED) is 0.475. The van der Waals surface area contributed by atoms with Crippen LogP contribution in [0.3, 0.4) is 0 Å². The van der Waals surface area contributed by atoms with Crippen LogP contribution in [0.5, 0.6) is 0 Å². The number of unbranched alkanes of at least 4 members (excludes halogenated alkanes) is 7. The molecule has 4 nitrogen and oxygen atoms in total. The first-order valence-electron chi connectivity index (χ1n) is 6.69. The van der Waals surface area contributed by atoms with E-state index in [0.29, 0.717) is 0 Å². The molecule has 1 aromatic heterocycles. The van der Waals surface area contributed by atoms with Gasteiger partial charge in [-0.2, -0.15) is 0 Å². The predicted molar refractivity (Wildman–Crippen MR) is 72.1 cm³/mol. The van der Waals surface area contributed by atoms with E-state index in [1.165, 1.54) is 51.4 Å². The lowest BCUT2D eigenvalue weighted by molar-refractivity contribution is 0.586. The topological polar surface area (TPSA) is 43.6 Å². The summed E-state index contributed by atoms with van der Waals surface area (Å²) in [5.41, 5.74) is 0. The Labute approximate surface area is 109 Å². The smallest absolute Gasteiger partial charge is 0.209 e. The van der Waals surface area contributed by atoms with Crippen molar-refractivity contribution in [2.45, 2.75) is 63.4 Å². The fraction of sp³-hybridized carbons (Fsp3) is 0.917. The van der Waals surface area contributed by atoms with Gasteiger partial charge in [0.1, 0.15) is 0 Å². The highest BCUT2D eigenvalue weighted by Gasteiger charge is 2.01. The molecule has 0 bridgehead atoms. The summed E-state index contributed by atoms with van der Waals surface area (Å²) in [4.78, 5) is 0. The molecular weight excluding hydrogens is 232 g/mol. The van der Waals surface area contributed by atoms with Crippen LogP contribution in [-0.4, -0.2) is 26.0 Å². The van der Waals surface area contributed by atoms with Gasteiger partial charge in [0, 0.05) is 12.8 Å². The lowest BCUT2D eigenvalue weighted by Crippen LogP contribution is -1.93. The number of thioether (sulfide) groups is 1. The number of nitrogens with zero attached hydrogens (tertiary/aromatic N) is 4. The maximum atomic E-state index is 3.95. The van der Waals surface area contributed by atoms with E-state index in [0.717, 1.165) is 10.9 Å². The Kier molecular flexibility index (Phi) is 8.05. The lowest BCUT2D eigenvalue weighted by Gasteiger charge is -2.01. The van der Waals surface area contributed by atoms with E-state index in [2.05, 4.69) is 22.4 Å². The third-order valence-electron chi connectivity index (χ3n) is 2.81. The van der Waals surface area contributed by atoms with Gasteiger partial charge in [-0.1, -0.05) is 63.6 Å². The lowest BCUT2D eigenvalue weighted by atomic mass is 10.1. The molecule has 0 unspecified atom stereocenters. The average molecular weight is 256 g/mol. The molecule has 0 saturated heterocycles. The van der Waals surface area contributed by atoms with E-state index in [4.69, 9.17) is 0 Å². The van der Waals surface area contributed by atoms with E-state index in [1.54, 1.807) is 16.4 Å². The molecule has 1 aromatic rings. The van der Waals surface area contributed by atoms with E-state index in [-0.39, 0.29) is 0 Å².